The van der Waals surface area contributed by atoms with Crippen LogP contribution in [0.15, 0.2) is 58.2 Å². The molecule has 6 nitrogen and oxygen atoms in total. The van der Waals surface area contributed by atoms with Crippen LogP contribution >= 0.6 is 11.8 Å². The highest BCUT2D eigenvalue weighted by atomic mass is 32.2. The van der Waals surface area contributed by atoms with Crippen molar-refractivity contribution in [2.24, 2.45) is 0 Å². The Bertz CT molecular complexity index is 974. The van der Waals surface area contributed by atoms with Crippen molar-refractivity contribution in [2.75, 3.05) is 7.11 Å². The minimum atomic E-state index is -4.52. The van der Waals surface area contributed by atoms with E-state index in [-0.39, 0.29) is 11.3 Å². The van der Waals surface area contributed by atoms with E-state index < -0.39 is 23.5 Å². The van der Waals surface area contributed by atoms with E-state index in [1.54, 1.807) is 11.5 Å². The number of H-pyrrole nitrogens is 1. The molecule has 0 bridgehead atoms. The van der Waals surface area contributed by atoms with Crippen molar-refractivity contribution in [3.05, 3.63) is 69.5 Å². The number of nitrogens with one attached hydrogen (secondary N) is 3. The fourth-order valence-corrected chi connectivity index (χ4v) is 4.72. The van der Waals surface area contributed by atoms with Crippen molar-refractivity contribution in [3.8, 4) is 0 Å². The van der Waals surface area contributed by atoms with E-state index in [2.05, 4.69) is 34.4 Å². The van der Waals surface area contributed by atoms with Crippen LogP contribution in [0.2, 0.25) is 0 Å². The number of hydrogen-bond donors (Lipinski definition) is 3. The standard InChI is InChI=1S/C16H15F3N4O2S.C11H24/c1-25-13-4-2-3-10(5-11(13)16(17,18)19)22-15-23-12(8-26-15)9-6-20-14(24)21-7-9;1-3-5-7-9-11-10-8-6-4-2/h2-8,10,15,22-23H,1H3,(H,20,21,24);3-11H2,1-2H3. The first-order valence-corrected chi connectivity index (χ1v) is 13.9. The molecule has 2 unspecified atom stereocenters. The summed E-state index contributed by atoms with van der Waals surface area (Å²) in [6.45, 7) is 4.55. The Kier molecular flexibility index (Phi) is 13.6. The molecule has 1 aliphatic carbocycles. The van der Waals surface area contributed by atoms with Gasteiger partial charge in [0, 0.05) is 24.0 Å². The van der Waals surface area contributed by atoms with E-state index in [0.29, 0.717) is 11.3 Å². The number of thioether (sulfide) groups is 1. The summed E-state index contributed by atoms with van der Waals surface area (Å²) in [7, 11) is 1.20. The summed E-state index contributed by atoms with van der Waals surface area (Å²) in [6, 6.07) is -0.651. The van der Waals surface area contributed by atoms with E-state index in [1.807, 2.05) is 0 Å². The fourth-order valence-electron chi connectivity index (χ4n) is 3.81. The molecule has 0 amide bonds. The highest BCUT2D eigenvalue weighted by Gasteiger charge is 2.38. The van der Waals surface area contributed by atoms with Gasteiger partial charge >= 0.3 is 11.9 Å². The average Bonchev–Trinajstić information content (AvgIpc) is 3.22. The second-order valence-corrected chi connectivity index (χ2v) is 9.84. The Morgan fingerprint density at radius 3 is 2.27 bits per heavy atom. The van der Waals surface area contributed by atoms with Crippen LogP contribution < -0.4 is 16.3 Å². The maximum atomic E-state index is 13.3. The van der Waals surface area contributed by atoms with E-state index in [0.717, 1.165) is 6.08 Å². The van der Waals surface area contributed by atoms with Gasteiger partial charge in [0.2, 0.25) is 0 Å². The van der Waals surface area contributed by atoms with Crippen LogP contribution in [0.25, 0.3) is 5.70 Å². The molecule has 2 atom stereocenters. The van der Waals surface area contributed by atoms with Gasteiger partial charge < -0.3 is 15.0 Å². The minimum Gasteiger partial charge on any atom is -0.496 e. The van der Waals surface area contributed by atoms with Gasteiger partial charge in [0.05, 0.1) is 18.4 Å². The van der Waals surface area contributed by atoms with Gasteiger partial charge in [-0.15, -0.1) is 0 Å². The van der Waals surface area contributed by atoms with Gasteiger partial charge in [0.25, 0.3) is 0 Å². The summed E-state index contributed by atoms with van der Waals surface area (Å²) >= 11 is 1.37. The van der Waals surface area contributed by atoms with Gasteiger partial charge in [-0.3, -0.25) is 5.32 Å². The Labute approximate surface area is 221 Å². The molecule has 1 aromatic rings. The van der Waals surface area contributed by atoms with Crippen molar-refractivity contribution in [1.82, 2.24) is 20.6 Å². The number of hydrogen-bond acceptors (Lipinski definition) is 6. The smallest absolute Gasteiger partial charge is 0.419 e. The summed E-state index contributed by atoms with van der Waals surface area (Å²) in [5, 5.41) is 8.01. The van der Waals surface area contributed by atoms with Gasteiger partial charge in [0.15, 0.2) is 0 Å². The van der Waals surface area contributed by atoms with Crippen molar-refractivity contribution in [2.45, 2.75) is 89.4 Å². The second kappa shape index (κ2) is 16.4. The highest BCUT2D eigenvalue weighted by Crippen LogP contribution is 2.33. The summed E-state index contributed by atoms with van der Waals surface area (Å²) < 4.78 is 44.6. The Balaban J connectivity index is 0.000000371. The summed E-state index contributed by atoms with van der Waals surface area (Å²) in [5.41, 5.74) is -0.244. The zero-order valence-electron chi connectivity index (χ0n) is 21.9. The van der Waals surface area contributed by atoms with E-state index in [1.165, 1.54) is 101 Å². The minimum absolute atomic E-state index is 0.233. The number of allylic oxidation sites excluding steroid dienone is 3. The molecule has 3 rings (SSSR count). The van der Waals surface area contributed by atoms with Crippen molar-refractivity contribution >= 4 is 17.5 Å². The van der Waals surface area contributed by atoms with Crippen LogP contribution in [-0.4, -0.2) is 34.8 Å². The Morgan fingerprint density at radius 2 is 1.73 bits per heavy atom. The first kappa shape index (κ1) is 30.8. The van der Waals surface area contributed by atoms with E-state index in [9.17, 15) is 18.0 Å². The fraction of sp³-hybridized carbons (Fsp3) is 0.556. The van der Waals surface area contributed by atoms with E-state index >= 15 is 0 Å². The molecule has 2 aliphatic rings. The van der Waals surface area contributed by atoms with Gasteiger partial charge in [-0.1, -0.05) is 95.5 Å². The maximum Gasteiger partial charge on any atom is 0.419 e. The maximum absolute atomic E-state index is 13.3. The molecule has 206 valence electrons. The lowest BCUT2D eigenvalue weighted by atomic mass is 10.1. The average molecular weight is 541 g/mol. The number of methoxy groups -OCH3 is 1. The van der Waals surface area contributed by atoms with Crippen molar-refractivity contribution in [3.63, 3.8) is 0 Å². The quantitative estimate of drug-likeness (QED) is 0.254. The third kappa shape index (κ3) is 11.2. The summed E-state index contributed by atoms with van der Waals surface area (Å²) in [5.74, 6) is -0.233. The number of halogens is 3. The van der Waals surface area contributed by atoms with Gasteiger partial charge in [-0.05, 0) is 17.6 Å². The number of aromatic amines is 1. The molecule has 2 heterocycles. The monoisotopic (exact) mass is 540 g/mol. The third-order valence-electron chi connectivity index (χ3n) is 5.85. The molecular weight excluding hydrogens is 501 g/mol. The predicted molar refractivity (Wildman–Crippen MR) is 146 cm³/mol. The van der Waals surface area contributed by atoms with Crippen molar-refractivity contribution in [1.29, 1.82) is 0 Å². The summed E-state index contributed by atoms with van der Waals surface area (Å²) in [6.07, 6.45) is 16.9. The van der Waals surface area contributed by atoms with Gasteiger partial charge in [-0.2, -0.15) is 13.2 Å². The van der Waals surface area contributed by atoms with Crippen LogP contribution in [0.1, 0.15) is 77.2 Å². The molecule has 0 saturated carbocycles. The van der Waals surface area contributed by atoms with Crippen LogP contribution in [0.4, 0.5) is 13.2 Å². The molecule has 10 heteroatoms. The van der Waals surface area contributed by atoms with Gasteiger partial charge in [-0.25, -0.2) is 9.78 Å². The molecule has 3 N–H and O–H groups in total. The molecule has 0 aromatic carbocycles. The number of aromatic nitrogens is 2. The highest BCUT2D eigenvalue weighted by molar-refractivity contribution is 8.03. The molecular formula is C27H39F3N4O2S. The molecule has 0 fully saturated rings. The molecule has 1 aromatic heterocycles. The molecule has 0 spiro atoms. The predicted octanol–water partition coefficient (Wildman–Crippen LogP) is 6.77. The first-order chi connectivity index (χ1) is 17.8. The number of alkyl halides is 3. The van der Waals surface area contributed by atoms with Gasteiger partial charge in [0.1, 0.15) is 11.3 Å². The zero-order chi connectivity index (χ0) is 27.1. The molecule has 1 aliphatic heterocycles. The summed E-state index contributed by atoms with van der Waals surface area (Å²) in [4.78, 5) is 17.1. The van der Waals surface area contributed by atoms with E-state index in [4.69, 9.17) is 4.74 Å². The lowest BCUT2D eigenvalue weighted by molar-refractivity contribution is -0.0935. The first-order valence-electron chi connectivity index (χ1n) is 12.9. The normalized spacial score (nSPS) is 19.1. The number of ether oxygens (including phenoxy) is 1. The van der Waals surface area contributed by atoms with Crippen LogP contribution in [0.3, 0.4) is 0 Å². The Morgan fingerprint density at radius 1 is 1.08 bits per heavy atom. The molecule has 37 heavy (non-hydrogen) atoms. The largest absolute Gasteiger partial charge is 0.496 e. The third-order valence-corrected chi connectivity index (χ3v) is 6.74. The number of nitrogens with zero attached hydrogens (tertiary/aromatic N) is 1. The lowest BCUT2D eigenvalue weighted by Crippen LogP contribution is -2.41. The Hall–Kier alpha value is -2.46. The number of unbranched alkanes of at least 4 members (excludes halogenated alkanes) is 8. The van der Waals surface area contributed by atoms with Crippen molar-refractivity contribution < 1.29 is 17.9 Å². The lowest BCUT2D eigenvalue weighted by Gasteiger charge is -2.20. The topological polar surface area (TPSA) is 79.0 Å². The van der Waals surface area contributed by atoms with Crippen LogP contribution in [0.5, 0.6) is 0 Å². The van der Waals surface area contributed by atoms with Crippen LogP contribution in [0, 0.1) is 0 Å². The molecule has 0 saturated heterocycles. The number of rotatable bonds is 12. The van der Waals surface area contributed by atoms with Crippen LogP contribution in [-0.2, 0) is 4.74 Å². The SMILES string of the molecule is CCCCCCCCCCC.COC1=CC=CC(NC2NC(c3cnc(=O)[nH]c3)=CS2)C=C1C(F)(F)F. The molecule has 0 radical (unpaired) electrons. The second-order valence-electron chi connectivity index (χ2n) is 8.86. The zero-order valence-corrected chi connectivity index (χ0v) is 22.7.